The van der Waals surface area contributed by atoms with Gasteiger partial charge >= 0.3 is 0 Å². The van der Waals surface area contributed by atoms with Crippen molar-refractivity contribution in [2.45, 2.75) is 6.92 Å². The Morgan fingerprint density at radius 2 is 2.15 bits per heavy atom. The largest absolute Gasteiger partial charge is 0.321 e. The molecule has 20 heavy (non-hydrogen) atoms. The van der Waals surface area contributed by atoms with E-state index < -0.39 is 10.8 Å². The molecule has 0 spiro atoms. The van der Waals surface area contributed by atoms with Gasteiger partial charge in [-0.15, -0.1) is 11.3 Å². The number of aryl methyl sites for hydroxylation is 1. The molecule has 0 radical (unpaired) electrons. The number of thiophene rings is 1. The van der Waals surface area contributed by atoms with Crippen LogP contribution < -0.4 is 5.32 Å². The Balaban J connectivity index is 2.21. The van der Waals surface area contributed by atoms with Crippen LogP contribution in [0.3, 0.4) is 0 Å². The summed E-state index contributed by atoms with van der Waals surface area (Å²) >= 11 is 9.97. The van der Waals surface area contributed by atoms with E-state index in [0.29, 0.717) is 5.69 Å². The highest BCUT2D eigenvalue weighted by Crippen LogP contribution is 2.34. The lowest BCUT2D eigenvalue weighted by Gasteiger charge is -2.05. The number of halogens is 2. The number of amides is 1. The predicted molar refractivity (Wildman–Crippen MR) is 82.8 cm³/mol. The van der Waals surface area contributed by atoms with Crippen molar-refractivity contribution < 1.29 is 9.72 Å². The van der Waals surface area contributed by atoms with Crippen LogP contribution in [0.15, 0.2) is 28.7 Å². The summed E-state index contributed by atoms with van der Waals surface area (Å²) in [6, 6.07) is 6.52. The van der Waals surface area contributed by atoms with Crippen molar-refractivity contribution in [1.82, 2.24) is 0 Å². The van der Waals surface area contributed by atoms with Gasteiger partial charge in [-0.1, -0.05) is 27.5 Å². The highest BCUT2D eigenvalue weighted by molar-refractivity contribution is 9.10. The van der Waals surface area contributed by atoms with E-state index in [9.17, 15) is 14.9 Å². The summed E-state index contributed by atoms with van der Waals surface area (Å²) in [4.78, 5) is 22.3. The van der Waals surface area contributed by atoms with Gasteiger partial charge in [0.2, 0.25) is 0 Å². The molecule has 1 heterocycles. The van der Waals surface area contributed by atoms with Gasteiger partial charge in [-0.3, -0.25) is 14.9 Å². The highest BCUT2D eigenvalue weighted by Gasteiger charge is 2.21. The second-order valence-corrected chi connectivity index (χ2v) is 6.45. The van der Waals surface area contributed by atoms with Crippen molar-refractivity contribution in [2.75, 3.05) is 5.32 Å². The molecule has 1 amide bonds. The second-order valence-electron chi connectivity index (χ2n) is 3.94. The lowest BCUT2D eigenvalue weighted by Crippen LogP contribution is -2.10. The molecular formula is C12H8BrClN2O3S. The fraction of sp³-hybridized carbons (Fsp3) is 0.0833. The quantitative estimate of drug-likeness (QED) is 0.628. The van der Waals surface area contributed by atoms with Gasteiger partial charge in [-0.25, -0.2) is 0 Å². The molecule has 0 bridgehead atoms. The summed E-state index contributed by atoms with van der Waals surface area (Å²) in [7, 11) is 0. The Kier molecular flexibility index (Phi) is 4.42. The number of carbonyl (C=O) groups is 1. The molecule has 0 unspecified atom stereocenters. The van der Waals surface area contributed by atoms with Crippen LogP contribution in [0.4, 0.5) is 11.4 Å². The van der Waals surface area contributed by atoms with Crippen molar-refractivity contribution in [3.8, 4) is 0 Å². The number of anilines is 1. The summed E-state index contributed by atoms with van der Waals surface area (Å²) in [6.45, 7) is 1.90. The van der Waals surface area contributed by atoms with E-state index >= 15 is 0 Å². The van der Waals surface area contributed by atoms with E-state index in [1.165, 1.54) is 6.07 Å². The Morgan fingerprint density at radius 1 is 1.45 bits per heavy atom. The third kappa shape index (κ3) is 3.17. The SMILES string of the molecule is Cc1cc(NC(=O)c2cc([N+](=O)[O-])c(Cl)s2)ccc1Br. The van der Waals surface area contributed by atoms with E-state index in [4.69, 9.17) is 11.6 Å². The Morgan fingerprint density at radius 3 is 2.70 bits per heavy atom. The van der Waals surface area contributed by atoms with Crippen LogP contribution in [-0.2, 0) is 0 Å². The summed E-state index contributed by atoms with van der Waals surface area (Å²) in [5.41, 5.74) is 1.33. The van der Waals surface area contributed by atoms with Crippen LogP contribution in [0.2, 0.25) is 4.34 Å². The molecule has 0 aliphatic carbocycles. The number of carbonyl (C=O) groups excluding carboxylic acids is 1. The van der Waals surface area contributed by atoms with Crippen LogP contribution in [-0.4, -0.2) is 10.8 Å². The van der Waals surface area contributed by atoms with Gasteiger partial charge in [-0.2, -0.15) is 0 Å². The summed E-state index contributed by atoms with van der Waals surface area (Å²) in [5.74, 6) is -0.424. The van der Waals surface area contributed by atoms with Crippen LogP contribution in [0.25, 0.3) is 0 Å². The molecule has 1 aromatic heterocycles. The second kappa shape index (κ2) is 5.90. The third-order valence-corrected chi connectivity index (χ3v) is 4.73. The van der Waals surface area contributed by atoms with E-state index in [1.807, 2.05) is 13.0 Å². The lowest BCUT2D eigenvalue weighted by molar-refractivity contribution is -0.384. The van der Waals surface area contributed by atoms with Gasteiger partial charge in [0, 0.05) is 16.2 Å². The lowest BCUT2D eigenvalue weighted by atomic mass is 10.2. The first kappa shape index (κ1) is 15.0. The predicted octanol–water partition coefficient (Wildman–Crippen LogP) is 4.63. The van der Waals surface area contributed by atoms with Crippen LogP contribution >= 0.6 is 38.9 Å². The number of hydrogen-bond donors (Lipinski definition) is 1. The van der Waals surface area contributed by atoms with Crippen molar-refractivity contribution in [1.29, 1.82) is 0 Å². The van der Waals surface area contributed by atoms with E-state index in [2.05, 4.69) is 21.2 Å². The average molecular weight is 376 g/mol. The fourth-order valence-corrected chi connectivity index (χ4v) is 2.88. The minimum atomic E-state index is -0.612. The van der Waals surface area contributed by atoms with E-state index in [0.717, 1.165) is 21.4 Å². The maximum Gasteiger partial charge on any atom is 0.299 e. The molecule has 8 heteroatoms. The monoisotopic (exact) mass is 374 g/mol. The maximum absolute atomic E-state index is 12.0. The van der Waals surface area contributed by atoms with Gasteiger partial charge < -0.3 is 5.32 Å². The van der Waals surface area contributed by atoms with Crippen LogP contribution in [0.1, 0.15) is 15.2 Å². The maximum atomic E-state index is 12.0. The number of nitro groups is 1. The molecule has 1 N–H and O–H groups in total. The van der Waals surface area contributed by atoms with Crippen molar-refractivity contribution in [3.05, 3.63) is 53.6 Å². The number of rotatable bonds is 3. The average Bonchev–Trinajstić information content (AvgIpc) is 2.76. The minimum Gasteiger partial charge on any atom is -0.321 e. The molecule has 0 saturated carbocycles. The molecule has 5 nitrogen and oxygen atoms in total. The van der Waals surface area contributed by atoms with Gasteiger partial charge in [0.05, 0.1) is 4.92 Å². The Labute approximate surface area is 131 Å². The first-order chi connectivity index (χ1) is 9.38. The number of benzene rings is 1. The number of nitrogens with one attached hydrogen (secondary N) is 1. The van der Waals surface area contributed by atoms with Crippen molar-refractivity contribution in [2.24, 2.45) is 0 Å². The first-order valence-corrected chi connectivity index (χ1v) is 7.38. The van der Waals surface area contributed by atoms with Crippen molar-refractivity contribution in [3.63, 3.8) is 0 Å². The van der Waals surface area contributed by atoms with Crippen LogP contribution in [0, 0.1) is 17.0 Å². The van der Waals surface area contributed by atoms with E-state index in [-0.39, 0.29) is 14.9 Å². The third-order valence-electron chi connectivity index (χ3n) is 2.51. The molecule has 2 aromatic rings. The highest BCUT2D eigenvalue weighted by atomic mass is 79.9. The Bertz CT molecular complexity index is 702. The molecule has 0 fully saturated rings. The molecular weight excluding hydrogens is 368 g/mol. The minimum absolute atomic E-state index is 0.00728. The molecule has 1 aromatic carbocycles. The van der Waals surface area contributed by atoms with Gasteiger partial charge in [-0.05, 0) is 30.7 Å². The smallest absolute Gasteiger partial charge is 0.299 e. The molecule has 2 rings (SSSR count). The standard InChI is InChI=1S/C12H8BrClN2O3S/c1-6-4-7(2-3-8(6)13)15-12(17)10-5-9(16(18)19)11(14)20-10/h2-5H,1H3,(H,15,17). The number of hydrogen-bond acceptors (Lipinski definition) is 4. The van der Waals surface area contributed by atoms with E-state index in [1.54, 1.807) is 12.1 Å². The number of nitrogens with zero attached hydrogens (tertiary/aromatic N) is 1. The zero-order chi connectivity index (χ0) is 14.9. The molecule has 0 aliphatic rings. The molecule has 0 saturated heterocycles. The van der Waals surface area contributed by atoms with Crippen molar-refractivity contribution >= 4 is 56.1 Å². The topological polar surface area (TPSA) is 72.2 Å². The molecule has 0 atom stereocenters. The van der Waals surface area contributed by atoms with Crippen LogP contribution in [0.5, 0.6) is 0 Å². The Hall–Kier alpha value is -1.44. The fourth-order valence-electron chi connectivity index (χ4n) is 1.51. The molecule has 0 aliphatic heterocycles. The zero-order valence-electron chi connectivity index (χ0n) is 10.1. The summed E-state index contributed by atoms with van der Waals surface area (Å²) in [5, 5.41) is 13.4. The van der Waals surface area contributed by atoms with Gasteiger partial charge in [0.25, 0.3) is 11.6 Å². The zero-order valence-corrected chi connectivity index (χ0v) is 13.3. The van der Waals surface area contributed by atoms with Gasteiger partial charge in [0.1, 0.15) is 4.88 Å². The first-order valence-electron chi connectivity index (χ1n) is 5.39. The summed E-state index contributed by atoms with van der Waals surface area (Å²) < 4.78 is 0.928. The molecule has 104 valence electrons. The normalized spacial score (nSPS) is 10.3. The van der Waals surface area contributed by atoms with Gasteiger partial charge in [0.15, 0.2) is 4.34 Å². The summed E-state index contributed by atoms with van der Waals surface area (Å²) in [6.07, 6.45) is 0.